The summed E-state index contributed by atoms with van der Waals surface area (Å²) in [5.74, 6) is 1.22. The van der Waals surface area contributed by atoms with Crippen LogP contribution in [0, 0.1) is 0 Å². The lowest BCUT2D eigenvalue weighted by molar-refractivity contribution is -0.121. The third-order valence-corrected chi connectivity index (χ3v) is 5.01. The van der Waals surface area contributed by atoms with E-state index in [1.54, 1.807) is 50.9 Å². The molecule has 0 bridgehead atoms. The summed E-state index contributed by atoms with van der Waals surface area (Å²) in [4.78, 5) is 30.4. The second-order valence-corrected chi connectivity index (χ2v) is 6.98. The van der Waals surface area contributed by atoms with E-state index in [1.807, 2.05) is 6.07 Å². The third-order valence-electron chi connectivity index (χ3n) is 4.12. The topological polar surface area (TPSA) is 93.9 Å². The van der Waals surface area contributed by atoms with Crippen LogP contribution in [0.2, 0.25) is 0 Å². The maximum absolute atomic E-state index is 12.6. The number of nitrogens with one attached hydrogen (secondary N) is 1. The van der Waals surface area contributed by atoms with Gasteiger partial charge >= 0.3 is 0 Å². The molecule has 152 valence electrons. The van der Waals surface area contributed by atoms with Gasteiger partial charge < -0.3 is 24.1 Å². The highest BCUT2D eigenvalue weighted by atomic mass is 32.1. The highest BCUT2D eigenvalue weighted by Crippen LogP contribution is 2.33. The summed E-state index contributed by atoms with van der Waals surface area (Å²) in [5.41, 5.74) is 1.09. The Kier molecular flexibility index (Phi) is 6.50. The van der Waals surface area contributed by atoms with Gasteiger partial charge in [0.05, 0.1) is 33.6 Å². The average molecular weight is 415 g/mol. The molecule has 1 aromatic carbocycles. The minimum Gasteiger partial charge on any atom is -0.493 e. The van der Waals surface area contributed by atoms with E-state index in [1.165, 1.54) is 22.5 Å². The summed E-state index contributed by atoms with van der Waals surface area (Å²) in [7, 11) is 4.69. The van der Waals surface area contributed by atoms with Crippen molar-refractivity contribution in [2.45, 2.75) is 6.54 Å². The lowest BCUT2D eigenvalue weighted by Crippen LogP contribution is -2.38. The Labute approximate surface area is 172 Å². The van der Waals surface area contributed by atoms with Crippen molar-refractivity contribution in [2.24, 2.45) is 0 Å². The number of rotatable bonds is 8. The van der Waals surface area contributed by atoms with E-state index < -0.39 is 0 Å². The number of nitrogens with zero attached hydrogens (tertiary/aromatic N) is 2. The van der Waals surface area contributed by atoms with Crippen molar-refractivity contribution in [3.05, 3.63) is 53.4 Å². The summed E-state index contributed by atoms with van der Waals surface area (Å²) in [6.07, 6.45) is 1.54. The van der Waals surface area contributed by atoms with Crippen LogP contribution in [0.1, 0.15) is 16.2 Å². The molecule has 0 aliphatic carbocycles. The zero-order valence-electron chi connectivity index (χ0n) is 16.3. The van der Waals surface area contributed by atoms with Gasteiger partial charge in [-0.15, -0.1) is 11.3 Å². The van der Waals surface area contributed by atoms with Gasteiger partial charge in [0, 0.05) is 18.0 Å². The molecular formula is C20H21N3O5S. The Morgan fingerprint density at radius 2 is 2.00 bits per heavy atom. The first-order valence-electron chi connectivity index (χ1n) is 8.74. The van der Waals surface area contributed by atoms with Crippen molar-refractivity contribution in [1.29, 1.82) is 0 Å². The molecule has 0 radical (unpaired) electrons. The number of ether oxygens (including phenoxy) is 2. The molecule has 0 spiro atoms. The number of carbonyl (C=O) groups is 2. The molecule has 0 atom stereocenters. The minimum absolute atomic E-state index is 0.0806. The van der Waals surface area contributed by atoms with Gasteiger partial charge in [-0.1, -0.05) is 0 Å². The Morgan fingerprint density at radius 1 is 1.21 bits per heavy atom. The van der Waals surface area contributed by atoms with E-state index in [2.05, 4.69) is 10.3 Å². The molecule has 0 fully saturated rings. The second kappa shape index (κ2) is 9.24. The molecule has 0 aliphatic rings. The average Bonchev–Trinajstić information content (AvgIpc) is 3.43. The Bertz CT molecular complexity index is 984. The Balaban J connectivity index is 1.63. The molecule has 2 amide bonds. The molecule has 2 aromatic heterocycles. The monoisotopic (exact) mass is 415 g/mol. The maximum atomic E-state index is 12.6. The highest BCUT2D eigenvalue weighted by Gasteiger charge is 2.19. The number of aromatic nitrogens is 1. The van der Waals surface area contributed by atoms with Crippen molar-refractivity contribution in [1.82, 2.24) is 15.2 Å². The van der Waals surface area contributed by atoms with Crippen LogP contribution in [0.5, 0.6) is 11.5 Å². The number of furan rings is 1. The van der Waals surface area contributed by atoms with Crippen LogP contribution in [-0.4, -0.2) is 49.5 Å². The van der Waals surface area contributed by atoms with E-state index in [9.17, 15) is 9.59 Å². The van der Waals surface area contributed by atoms with Gasteiger partial charge in [-0.25, -0.2) is 4.98 Å². The number of hydrogen-bond acceptors (Lipinski definition) is 7. The van der Waals surface area contributed by atoms with Crippen molar-refractivity contribution < 1.29 is 23.5 Å². The summed E-state index contributed by atoms with van der Waals surface area (Å²) in [6, 6.07) is 8.94. The predicted molar refractivity (Wildman–Crippen MR) is 108 cm³/mol. The van der Waals surface area contributed by atoms with Gasteiger partial charge in [0.15, 0.2) is 11.5 Å². The van der Waals surface area contributed by atoms with Crippen LogP contribution >= 0.6 is 11.3 Å². The molecule has 29 heavy (non-hydrogen) atoms. The van der Waals surface area contributed by atoms with Gasteiger partial charge in [-0.2, -0.15) is 0 Å². The van der Waals surface area contributed by atoms with E-state index in [-0.39, 0.29) is 30.6 Å². The largest absolute Gasteiger partial charge is 0.493 e. The molecule has 0 saturated carbocycles. The van der Waals surface area contributed by atoms with Crippen LogP contribution < -0.4 is 14.8 Å². The fourth-order valence-electron chi connectivity index (χ4n) is 2.61. The number of likely N-dealkylation sites (N-methyl/N-ethyl adjacent to an activating group) is 1. The highest BCUT2D eigenvalue weighted by molar-refractivity contribution is 7.13. The molecule has 0 aliphatic heterocycles. The zero-order chi connectivity index (χ0) is 20.8. The fourth-order valence-corrected chi connectivity index (χ4v) is 3.40. The van der Waals surface area contributed by atoms with Gasteiger partial charge in [0.25, 0.3) is 5.91 Å². The van der Waals surface area contributed by atoms with E-state index in [0.717, 1.165) is 5.56 Å². The molecule has 1 N–H and O–H groups in total. The van der Waals surface area contributed by atoms with Crippen molar-refractivity contribution >= 4 is 23.2 Å². The van der Waals surface area contributed by atoms with E-state index >= 15 is 0 Å². The van der Waals surface area contributed by atoms with Crippen LogP contribution in [0.15, 0.2) is 46.4 Å². The first kappa shape index (κ1) is 20.4. The minimum atomic E-state index is -0.332. The quantitative estimate of drug-likeness (QED) is 0.608. The number of methoxy groups -OCH3 is 2. The molecule has 2 heterocycles. The van der Waals surface area contributed by atoms with Crippen LogP contribution in [-0.2, 0) is 11.3 Å². The van der Waals surface area contributed by atoms with Gasteiger partial charge in [-0.3, -0.25) is 9.59 Å². The number of benzene rings is 1. The molecular weight excluding hydrogens is 394 g/mol. The fraction of sp³-hybridized carbons (Fsp3) is 0.250. The van der Waals surface area contributed by atoms with Crippen molar-refractivity contribution in [3.63, 3.8) is 0 Å². The van der Waals surface area contributed by atoms with Gasteiger partial charge in [-0.05, 0) is 30.3 Å². The van der Waals surface area contributed by atoms with Crippen LogP contribution in [0.3, 0.4) is 0 Å². The lowest BCUT2D eigenvalue weighted by Gasteiger charge is -2.15. The Morgan fingerprint density at radius 3 is 2.69 bits per heavy atom. The molecule has 0 saturated heterocycles. The van der Waals surface area contributed by atoms with Gasteiger partial charge in [0.1, 0.15) is 16.5 Å². The van der Waals surface area contributed by atoms with E-state index in [4.69, 9.17) is 13.9 Å². The third kappa shape index (κ3) is 4.94. The summed E-state index contributed by atoms with van der Waals surface area (Å²) < 4.78 is 15.7. The molecule has 3 aromatic rings. The first-order chi connectivity index (χ1) is 14.0. The maximum Gasteiger partial charge on any atom is 0.273 e. The number of thiazole rings is 1. The molecule has 9 heteroatoms. The standard InChI is InChI=1S/C20H21N3O5S/c1-23(11-18(24)21-10-14-5-4-8-28-14)20(25)15-12-29-19(22-15)13-6-7-16(26-2)17(9-13)27-3/h4-9,12H,10-11H2,1-3H3,(H,21,24). The Hall–Kier alpha value is -3.33. The van der Waals surface area contributed by atoms with Gasteiger partial charge in [0.2, 0.25) is 5.91 Å². The second-order valence-electron chi connectivity index (χ2n) is 6.12. The SMILES string of the molecule is COc1ccc(-c2nc(C(=O)N(C)CC(=O)NCc3ccco3)cs2)cc1OC. The molecule has 8 nitrogen and oxygen atoms in total. The lowest BCUT2D eigenvalue weighted by atomic mass is 10.2. The predicted octanol–water partition coefficient (Wildman–Crippen LogP) is 2.81. The van der Waals surface area contributed by atoms with Crippen molar-refractivity contribution in [2.75, 3.05) is 27.8 Å². The van der Waals surface area contributed by atoms with Crippen LogP contribution in [0.25, 0.3) is 10.6 Å². The summed E-state index contributed by atoms with van der Waals surface area (Å²) >= 11 is 1.34. The first-order valence-corrected chi connectivity index (χ1v) is 9.62. The zero-order valence-corrected chi connectivity index (χ0v) is 17.1. The summed E-state index contributed by atoms with van der Waals surface area (Å²) in [6.45, 7) is 0.191. The molecule has 0 unspecified atom stereocenters. The normalized spacial score (nSPS) is 10.4. The number of hydrogen-bond donors (Lipinski definition) is 1. The summed E-state index contributed by atoms with van der Waals surface area (Å²) in [5, 5.41) is 5.05. The molecule has 3 rings (SSSR count). The number of amides is 2. The van der Waals surface area contributed by atoms with Crippen LogP contribution in [0.4, 0.5) is 0 Å². The van der Waals surface area contributed by atoms with E-state index in [0.29, 0.717) is 22.3 Å². The van der Waals surface area contributed by atoms with Crippen molar-refractivity contribution in [3.8, 4) is 22.1 Å². The number of carbonyl (C=O) groups excluding carboxylic acids is 2. The smallest absolute Gasteiger partial charge is 0.273 e.